The van der Waals surface area contributed by atoms with Crippen molar-refractivity contribution in [1.82, 2.24) is 0 Å². The fraction of sp³-hybridized carbons (Fsp3) is 0.0870. The van der Waals surface area contributed by atoms with Gasteiger partial charge in [-0.3, -0.25) is 0 Å². The van der Waals surface area contributed by atoms with Crippen molar-refractivity contribution in [3.05, 3.63) is 98.9 Å². The van der Waals surface area contributed by atoms with Crippen LogP contribution in [0, 0.1) is 58.2 Å². The lowest BCUT2D eigenvalue weighted by Gasteiger charge is -2.06. The molecule has 0 aliphatic carbocycles. The normalized spacial score (nSPS) is 11.9. The number of hydrogen-bond acceptors (Lipinski definition) is 1. The fourth-order valence-electron chi connectivity index (χ4n) is 3.13. The summed E-state index contributed by atoms with van der Waals surface area (Å²) in [6.07, 6.45) is 3.22. The molecule has 12 heteroatoms. The number of aromatic nitrogens is 1. The van der Waals surface area contributed by atoms with Gasteiger partial charge in [0.25, 0.3) is 0 Å². The summed E-state index contributed by atoms with van der Waals surface area (Å²) in [7, 11) is 0. The van der Waals surface area contributed by atoms with E-state index in [1.807, 2.05) is 0 Å². The molecule has 0 radical (unpaired) electrons. The summed E-state index contributed by atoms with van der Waals surface area (Å²) in [5, 5.41) is 0. The highest BCUT2D eigenvalue weighted by Gasteiger charge is 2.26. The summed E-state index contributed by atoms with van der Waals surface area (Å²) in [5.41, 5.74) is 3.29. The third kappa shape index (κ3) is 4.78. The number of nitrogens with two attached hydrogens (primary N) is 1. The number of nitrogens with zero attached hydrogens (tertiary/aromatic N) is 1. The van der Waals surface area contributed by atoms with Gasteiger partial charge in [-0.05, 0) is 18.2 Å². The lowest BCUT2D eigenvalue weighted by atomic mass is 10.1. The lowest BCUT2D eigenvalue weighted by Crippen LogP contribution is -2.43. The molecule has 1 heterocycles. The van der Waals surface area contributed by atoms with E-state index in [4.69, 9.17) is 5.73 Å². The van der Waals surface area contributed by atoms with Crippen LogP contribution >= 0.6 is 0 Å². The highest BCUT2D eigenvalue weighted by atomic mass is 19.2. The average Bonchev–Trinajstić information content (AvgIpc) is 2.85. The molecule has 184 valence electrons. The zero-order chi connectivity index (χ0) is 26.0. The quantitative estimate of drug-likeness (QED) is 0.198. The van der Waals surface area contributed by atoms with E-state index in [-0.39, 0.29) is 24.5 Å². The van der Waals surface area contributed by atoms with Crippen molar-refractivity contribution in [2.24, 2.45) is 5.73 Å². The van der Waals surface area contributed by atoms with Gasteiger partial charge in [0, 0.05) is 24.3 Å². The SMILES string of the molecule is NCC[n+]1c(/C=C/c2c(F)c(F)c(F)c(F)c2F)cccc1/C=C/c1c(F)c(F)c(F)c(F)c1F. The van der Waals surface area contributed by atoms with Gasteiger partial charge in [0.2, 0.25) is 23.0 Å². The van der Waals surface area contributed by atoms with Gasteiger partial charge in [-0.25, -0.2) is 43.9 Å². The molecule has 0 unspecified atom stereocenters. The number of hydrogen-bond donors (Lipinski definition) is 1. The van der Waals surface area contributed by atoms with E-state index in [9.17, 15) is 43.9 Å². The molecule has 3 aromatic rings. The molecule has 0 atom stereocenters. The van der Waals surface area contributed by atoms with Crippen molar-refractivity contribution < 1.29 is 48.5 Å². The van der Waals surface area contributed by atoms with Gasteiger partial charge in [0.1, 0.15) is 0 Å². The van der Waals surface area contributed by atoms with Gasteiger partial charge in [-0.2, -0.15) is 4.57 Å². The summed E-state index contributed by atoms with van der Waals surface area (Å²) >= 11 is 0. The maximum Gasteiger partial charge on any atom is 0.205 e. The van der Waals surface area contributed by atoms with E-state index in [2.05, 4.69) is 0 Å². The van der Waals surface area contributed by atoms with Crippen molar-refractivity contribution in [3.63, 3.8) is 0 Å². The predicted octanol–water partition coefficient (Wildman–Crippen LogP) is 5.66. The van der Waals surface area contributed by atoms with Gasteiger partial charge in [-0.1, -0.05) is 0 Å². The lowest BCUT2D eigenvalue weighted by molar-refractivity contribution is -0.697. The molecule has 2 nitrogen and oxygen atoms in total. The van der Waals surface area contributed by atoms with Crippen LogP contribution in [0.15, 0.2) is 18.2 Å². The zero-order valence-electron chi connectivity index (χ0n) is 17.3. The van der Waals surface area contributed by atoms with Crippen LogP contribution in [0.4, 0.5) is 43.9 Å². The van der Waals surface area contributed by atoms with Crippen LogP contribution in [0.1, 0.15) is 22.5 Å². The van der Waals surface area contributed by atoms with Gasteiger partial charge in [0.15, 0.2) is 53.1 Å². The maximum atomic E-state index is 13.9. The second kappa shape index (κ2) is 10.3. The molecule has 3 rings (SSSR count). The van der Waals surface area contributed by atoms with Crippen LogP contribution in [0.3, 0.4) is 0 Å². The molecule has 0 fully saturated rings. The molecule has 0 aliphatic heterocycles. The summed E-state index contributed by atoms with van der Waals surface area (Å²) in [5.74, 6) is -21.5. The monoisotopic (exact) mass is 507 g/mol. The first-order chi connectivity index (χ1) is 16.5. The number of pyridine rings is 1. The second-order valence-corrected chi connectivity index (χ2v) is 6.95. The first kappa shape index (κ1) is 25.9. The zero-order valence-corrected chi connectivity index (χ0v) is 17.3. The third-order valence-corrected chi connectivity index (χ3v) is 4.84. The number of halogens is 10. The fourth-order valence-corrected chi connectivity index (χ4v) is 3.13. The van der Waals surface area contributed by atoms with Crippen LogP contribution < -0.4 is 10.3 Å². The molecule has 0 aliphatic rings. The third-order valence-electron chi connectivity index (χ3n) is 4.84. The van der Waals surface area contributed by atoms with Gasteiger partial charge < -0.3 is 5.73 Å². The highest BCUT2D eigenvalue weighted by molar-refractivity contribution is 5.70. The summed E-state index contributed by atoms with van der Waals surface area (Å²) in [6.45, 7) is -0.0597. The van der Waals surface area contributed by atoms with Crippen LogP contribution in [-0.2, 0) is 6.54 Å². The number of benzene rings is 2. The Morgan fingerprint density at radius 1 is 0.514 bits per heavy atom. The smallest absolute Gasteiger partial charge is 0.205 e. The summed E-state index contributed by atoms with van der Waals surface area (Å²) in [4.78, 5) is 0. The Kier molecular flexibility index (Phi) is 7.64. The van der Waals surface area contributed by atoms with Crippen molar-refractivity contribution in [2.75, 3.05) is 6.54 Å². The second-order valence-electron chi connectivity index (χ2n) is 6.95. The molecule has 0 saturated heterocycles. The topological polar surface area (TPSA) is 29.9 Å². The Labute approximate surface area is 191 Å². The van der Waals surface area contributed by atoms with Crippen molar-refractivity contribution in [3.8, 4) is 0 Å². The van der Waals surface area contributed by atoms with Crippen molar-refractivity contribution >= 4 is 24.3 Å². The molecular weight excluding hydrogens is 494 g/mol. The van der Waals surface area contributed by atoms with Crippen molar-refractivity contribution in [1.29, 1.82) is 0 Å². The van der Waals surface area contributed by atoms with E-state index in [1.165, 1.54) is 22.8 Å². The summed E-state index contributed by atoms with van der Waals surface area (Å²) in [6, 6.07) is 4.06. The van der Waals surface area contributed by atoms with Gasteiger partial charge in [0.05, 0.1) is 17.7 Å². The minimum atomic E-state index is -2.32. The molecule has 1 aromatic heterocycles. The average molecular weight is 507 g/mol. The Hall–Kier alpha value is -3.67. The standard InChI is InChI=1S/C23H13F10N2/c24-14-12(15(25)19(29)22(32)18(14)28)6-4-10-2-1-3-11(35(10)9-8-34)5-7-13-16(26)20(30)23(33)21(31)17(13)27/h1-7H,8-9,34H2/q+1/b6-4+,7-5+. The van der Waals surface area contributed by atoms with Gasteiger partial charge in [-0.15, -0.1) is 0 Å². The Morgan fingerprint density at radius 3 is 1.14 bits per heavy atom. The molecule has 0 saturated carbocycles. The molecule has 0 amide bonds. The first-order valence-corrected chi connectivity index (χ1v) is 9.63. The van der Waals surface area contributed by atoms with Crippen LogP contribution in [0.2, 0.25) is 0 Å². The van der Waals surface area contributed by atoms with E-state index in [1.54, 1.807) is 0 Å². The Bertz CT molecular complexity index is 1210. The molecule has 35 heavy (non-hydrogen) atoms. The Morgan fingerprint density at radius 2 is 0.829 bits per heavy atom. The minimum absolute atomic E-state index is 0.0194. The van der Waals surface area contributed by atoms with E-state index >= 15 is 0 Å². The molecular formula is C23H13F10N2+. The van der Waals surface area contributed by atoms with Crippen molar-refractivity contribution in [2.45, 2.75) is 6.54 Å². The Balaban J connectivity index is 2.09. The molecule has 2 aromatic carbocycles. The number of rotatable bonds is 6. The van der Waals surface area contributed by atoms with Gasteiger partial charge >= 0.3 is 0 Å². The summed E-state index contributed by atoms with van der Waals surface area (Å²) < 4.78 is 137. The van der Waals surface area contributed by atoms with Crippen LogP contribution in [0.25, 0.3) is 24.3 Å². The van der Waals surface area contributed by atoms with E-state index < -0.39 is 69.3 Å². The van der Waals surface area contributed by atoms with E-state index in [0.29, 0.717) is 12.2 Å². The molecule has 2 N–H and O–H groups in total. The van der Waals surface area contributed by atoms with E-state index in [0.717, 1.165) is 12.2 Å². The highest BCUT2D eigenvalue weighted by Crippen LogP contribution is 2.26. The maximum absolute atomic E-state index is 13.9. The van der Waals surface area contributed by atoms with Crippen LogP contribution in [0.5, 0.6) is 0 Å². The molecule has 0 bridgehead atoms. The minimum Gasteiger partial charge on any atom is -0.325 e. The largest absolute Gasteiger partial charge is 0.325 e. The molecule has 0 spiro atoms. The first-order valence-electron chi connectivity index (χ1n) is 9.63. The predicted molar refractivity (Wildman–Crippen MR) is 106 cm³/mol. The van der Waals surface area contributed by atoms with Crippen LogP contribution in [-0.4, -0.2) is 6.54 Å².